The number of anilines is 1. The highest BCUT2D eigenvalue weighted by atomic mass is 79.9. The van der Waals surface area contributed by atoms with Gasteiger partial charge in [-0.1, -0.05) is 34.1 Å². The number of hydrogen-bond donors (Lipinski definition) is 2. The number of thiazole rings is 1. The Morgan fingerprint density at radius 2 is 2.06 bits per heavy atom. The topological polar surface area (TPSA) is 92.7 Å². The molecule has 0 spiro atoms. The van der Waals surface area contributed by atoms with Crippen LogP contribution in [0.3, 0.4) is 0 Å². The molecule has 5 rings (SSSR count). The predicted octanol–water partition coefficient (Wildman–Crippen LogP) is 4.79. The lowest BCUT2D eigenvalue weighted by Gasteiger charge is -2.07. The van der Waals surface area contributed by atoms with Crippen molar-refractivity contribution in [3.63, 3.8) is 0 Å². The Kier molecular flexibility index (Phi) is 5.13. The molecule has 0 saturated heterocycles. The highest BCUT2D eigenvalue weighted by Crippen LogP contribution is 2.30. The van der Waals surface area contributed by atoms with Gasteiger partial charge in [-0.15, -0.1) is 11.3 Å². The molecule has 154 valence electrons. The minimum Gasteiger partial charge on any atom is -0.360 e. The van der Waals surface area contributed by atoms with Crippen LogP contribution in [0.2, 0.25) is 0 Å². The molecule has 0 bridgehead atoms. The Bertz CT molecular complexity index is 1490. The first kappa shape index (κ1) is 19.7. The standard InChI is InChI=1S/C22H16BrN5O2S/c23-13-5-6-18-15(9-13)21(30)28(12-25-18)8-7-20(29)27-22-26-19(11-31-22)16-10-24-17-4-2-1-3-14(16)17/h1-6,9-12,24H,7-8H2,(H,26,27,29). The summed E-state index contributed by atoms with van der Waals surface area (Å²) in [6, 6.07) is 13.4. The van der Waals surface area contributed by atoms with Gasteiger partial charge in [-0.05, 0) is 24.3 Å². The first-order chi connectivity index (χ1) is 15.1. The third kappa shape index (κ3) is 3.89. The van der Waals surface area contributed by atoms with Crippen molar-refractivity contribution in [2.24, 2.45) is 0 Å². The van der Waals surface area contributed by atoms with E-state index in [0.29, 0.717) is 16.0 Å². The molecule has 0 atom stereocenters. The van der Waals surface area contributed by atoms with E-state index in [9.17, 15) is 9.59 Å². The quantitative estimate of drug-likeness (QED) is 0.368. The van der Waals surface area contributed by atoms with Crippen LogP contribution in [0.25, 0.3) is 33.1 Å². The fourth-order valence-corrected chi connectivity index (χ4v) is 4.52. The second-order valence-corrected chi connectivity index (χ2v) is 8.76. The van der Waals surface area contributed by atoms with Crippen LogP contribution in [0.15, 0.2) is 69.6 Å². The molecule has 9 heteroatoms. The van der Waals surface area contributed by atoms with Crippen LogP contribution < -0.4 is 10.9 Å². The number of aryl methyl sites for hydroxylation is 1. The minimum absolute atomic E-state index is 0.142. The number of aromatic amines is 1. The third-order valence-electron chi connectivity index (χ3n) is 4.98. The number of H-pyrrole nitrogens is 1. The van der Waals surface area contributed by atoms with Gasteiger partial charge in [-0.2, -0.15) is 0 Å². The molecule has 7 nitrogen and oxygen atoms in total. The van der Waals surface area contributed by atoms with E-state index in [1.807, 2.05) is 41.9 Å². The van der Waals surface area contributed by atoms with E-state index in [0.717, 1.165) is 26.6 Å². The predicted molar refractivity (Wildman–Crippen MR) is 126 cm³/mol. The van der Waals surface area contributed by atoms with Gasteiger partial charge in [-0.25, -0.2) is 9.97 Å². The molecule has 2 N–H and O–H groups in total. The number of fused-ring (bicyclic) bond motifs is 2. The highest BCUT2D eigenvalue weighted by molar-refractivity contribution is 9.10. The zero-order valence-electron chi connectivity index (χ0n) is 16.1. The van der Waals surface area contributed by atoms with E-state index in [1.54, 1.807) is 12.1 Å². The smallest absolute Gasteiger partial charge is 0.261 e. The molecule has 0 fully saturated rings. The van der Waals surface area contributed by atoms with Gasteiger partial charge in [0.25, 0.3) is 5.56 Å². The van der Waals surface area contributed by atoms with E-state index in [4.69, 9.17) is 0 Å². The number of carbonyl (C=O) groups excluding carboxylic acids is 1. The number of nitrogens with one attached hydrogen (secondary N) is 2. The zero-order chi connectivity index (χ0) is 21.4. The average Bonchev–Trinajstić information content (AvgIpc) is 3.40. The van der Waals surface area contributed by atoms with Crippen LogP contribution in [0.4, 0.5) is 5.13 Å². The lowest BCUT2D eigenvalue weighted by atomic mass is 10.1. The lowest BCUT2D eigenvalue weighted by Crippen LogP contribution is -2.23. The van der Waals surface area contributed by atoms with Crippen molar-refractivity contribution in [1.29, 1.82) is 0 Å². The summed E-state index contributed by atoms with van der Waals surface area (Å²) in [4.78, 5) is 37.2. The molecule has 0 radical (unpaired) electrons. The average molecular weight is 494 g/mol. The van der Waals surface area contributed by atoms with Gasteiger partial charge in [0, 0.05) is 45.5 Å². The van der Waals surface area contributed by atoms with Gasteiger partial charge >= 0.3 is 0 Å². The SMILES string of the molecule is O=C(CCn1cnc2ccc(Br)cc2c1=O)Nc1nc(-c2c[nH]c3ccccc23)cs1. The number of nitrogens with zero attached hydrogens (tertiary/aromatic N) is 3. The van der Waals surface area contributed by atoms with E-state index < -0.39 is 0 Å². The molecule has 5 aromatic rings. The Morgan fingerprint density at radius 1 is 1.19 bits per heavy atom. The van der Waals surface area contributed by atoms with E-state index in [-0.39, 0.29) is 24.4 Å². The molecule has 2 aromatic carbocycles. The second kappa shape index (κ2) is 8.09. The van der Waals surface area contributed by atoms with Crippen LogP contribution in [0, 0.1) is 0 Å². The Hall–Kier alpha value is -3.30. The highest BCUT2D eigenvalue weighted by Gasteiger charge is 2.12. The van der Waals surface area contributed by atoms with Crippen molar-refractivity contribution in [2.75, 3.05) is 5.32 Å². The third-order valence-corrected chi connectivity index (χ3v) is 6.23. The number of aromatic nitrogens is 4. The Morgan fingerprint density at radius 3 is 2.97 bits per heavy atom. The first-order valence-electron chi connectivity index (χ1n) is 9.55. The van der Waals surface area contributed by atoms with Crippen molar-refractivity contribution in [1.82, 2.24) is 19.5 Å². The van der Waals surface area contributed by atoms with Gasteiger partial charge in [0.05, 0.1) is 22.9 Å². The Labute approximate surface area is 188 Å². The molecule has 31 heavy (non-hydrogen) atoms. The van der Waals surface area contributed by atoms with Crippen LogP contribution >= 0.6 is 27.3 Å². The zero-order valence-corrected chi connectivity index (χ0v) is 18.5. The number of hydrogen-bond acceptors (Lipinski definition) is 5. The molecule has 1 amide bonds. The van der Waals surface area contributed by atoms with Crippen LogP contribution in [0.1, 0.15) is 6.42 Å². The van der Waals surface area contributed by atoms with Gasteiger partial charge in [0.15, 0.2) is 5.13 Å². The van der Waals surface area contributed by atoms with Crippen molar-refractivity contribution >= 4 is 60.1 Å². The maximum atomic E-state index is 12.7. The molecule has 0 aliphatic carbocycles. The summed E-state index contributed by atoms with van der Waals surface area (Å²) in [5.41, 5.74) is 3.29. The van der Waals surface area contributed by atoms with E-state index in [2.05, 4.69) is 36.2 Å². The van der Waals surface area contributed by atoms with Crippen molar-refractivity contribution in [3.8, 4) is 11.3 Å². The molecule has 0 aliphatic heterocycles. The van der Waals surface area contributed by atoms with E-state index >= 15 is 0 Å². The maximum Gasteiger partial charge on any atom is 0.261 e. The summed E-state index contributed by atoms with van der Waals surface area (Å²) in [5.74, 6) is -0.207. The number of amides is 1. The largest absolute Gasteiger partial charge is 0.360 e. The normalized spacial score (nSPS) is 11.3. The molecular formula is C22H16BrN5O2S. The fraction of sp³-hybridized carbons (Fsp3) is 0.0909. The number of carbonyl (C=O) groups is 1. The fourth-order valence-electron chi connectivity index (χ4n) is 3.43. The molecule has 0 aliphatic rings. The van der Waals surface area contributed by atoms with Gasteiger partial charge in [0.2, 0.25) is 5.91 Å². The summed E-state index contributed by atoms with van der Waals surface area (Å²) < 4.78 is 2.26. The second-order valence-electron chi connectivity index (χ2n) is 6.99. The minimum atomic E-state index is -0.207. The summed E-state index contributed by atoms with van der Waals surface area (Å²) in [6.45, 7) is 0.237. The summed E-state index contributed by atoms with van der Waals surface area (Å²) in [5, 5.41) is 6.87. The van der Waals surface area contributed by atoms with Gasteiger partial charge in [0.1, 0.15) is 0 Å². The number of rotatable bonds is 5. The Balaban J connectivity index is 1.28. The number of halogens is 1. The van der Waals surface area contributed by atoms with Gasteiger partial charge in [-0.3, -0.25) is 14.2 Å². The molecular weight excluding hydrogens is 478 g/mol. The van der Waals surface area contributed by atoms with E-state index in [1.165, 1.54) is 22.2 Å². The van der Waals surface area contributed by atoms with Crippen molar-refractivity contribution < 1.29 is 4.79 Å². The summed E-state index contributed by atoms with van der Waals surface area (Å²) >= 11 is 4.74. The van der Waals surface area contributed by atoms with Crippen molar-refractivity contribution in [2.45, 2.75) is 13.0 Å². The number of benzene rings is 2. The van der Waals surface area contributed by atoms with Crippen molar-refractivity contribution in [3.05, 3.63) is 75.2 Å². The summed E-state index contributed by atoms with van der Waals surface area (Å²) in [6.07, 6.45) is 3.54. The van der Waals surface area contributed by atoms with Crippen LogP contribution in [-0.4, -0.2) is 25.4 Å². The monoisotopic (exact) mass is 493 g/mol. The first-order valence-corrected chi connectivity index (χ1v) is 11.2. The van der Waals surface area contributed by atoms with Crippen LogP contribution in [-0.2, 0) is 11.3 Å². The lowest BCUT2D eigenvalue weighted by molar-refractivity contribution is -0.116. The molecule has 0 unspecified atom stereocenters. The van der Waals surface area contributed by atoms with Gasteiger partial charge < -0.3 is 10.3 Å². The summed E-state index contributed by atoms with van der Waals surface area (Å²) in [7, 11) is 0. The molecule has 0 saturated carbocycles. The molecule has 3 heterocycles. The number of para-hydroxylation sites is 1. The van der Waals surface area contributed by atoms with Crippen LogP contribution in [0.5, 0.6) is 0 Å². The molecule has 3 aromatic heterocycles. The maximum absolute atomic E-state index is 12.7.